The summed E-state index contributed by atoms with van der Waals surface area (Å²) in [5.41, 5.74) is 1.02. The molecule has 1 aromatic carbocycles. The Morgan fingerprint density at radius 2 is 1.54 bits per heavy atom. The Balaban J connectivity index is 2.33. The van der Waals surface area contributed by atoms with Gasteiger partial charge in [-0.3, -0.25) is 0 Å². The first-order valence-corrected chi connectivity index (χ1v) is 20.4. The third-order valence-corrected chi connectivity index (χ3v) is 25.7. The molecular weight excluding hydrogens is 473 g/mol. The Morgan fingerprint density at radius 1 is 0.964 bits per heavy atom. The van der Waals surface area contributed by atoms with E-state index in [2.05, 4.69) is 37.8 Å². The molecular formula is C23H41NO2SSn. The monoisotopic (exact) mass is 515 g/mol. The van der Waals surface area contributed by atoms with Gasteiger partial charge in [-0.25, -0.2) is 0 Å². The quantitative estimate of drug-likeness (QED) is 0.190. The number of thioether (sulfide) groups is 1. The Labute approximate surface area is 181 Å². The molecule has 0 aliphatic carbocycles. The van der Waals surface area contributed by atoms with E-state index < -0.39 is 18.4 Å². The summed E-state index contributed by atoms with van der Waals surface area (Å²) in [4.78, 5) is 11.9. The van der Waals surface area contributed by atoms with Crippen molar-refractivity contribution in [3.8, 4) is 0 Å². The number of amides is 1. The fourth-order valence-electron chi connectivity index (χ4n) is 3.53. The Morgan fingerprint density at radius 3 is 2.07 bits per heavy atom. The van der Waals surface area contributed by atoms with Crippen molar-refractivity contribution in [3.05, 3.63) is 35.9 Å². The second kappa shape index (κ2) is 16.4. The van der Waals surface area contributed by atoms with E-state index in [1.54, 1.807) is 13.3 Å². The van der Waals surface area contributed by atoms with E-state index >= 15 is 0 Å². The molecule has 0 saturated carbocycles. The fraction of sp³-hybridized carbons (Fsp3) is 0.696. The molecule has 160 valence electrons. The molecule has 5 heteroatoms. The van der Waals surface area contributed by atoms with Gasteiger partial charge in [0.15, 0.2) is 0 Å². The van der Waals surface area contributed by atoms with Gasteiger partial charge in [-0.2, -0.15) is 0 Å². The number of rotatable bonds is 16. The zero-order valence-electron chi connectivity index (χ0n) is 18.3. The van der Waals surface area contributed by atoms with Crippen molar-refractivity contribution in [1.29, 1.82) is 0 Å². The molecule has 1 aromatic rings. The molecule has 0 spiro atoms. The van der Waals surface area contributed by atoms with Gasteiger partial charge in [-0.15, -0.1) is 0 Å². The average molecular weight is 514 g/mol. The topological polar surface area (TPSA) is 38.3 Å². The molecule has 1 rings (SSSR count). The summed E-state index contributed by atoms with van der Waals surface area (Å²) in [6, 6.07) is 9.83. The van der Waals surface area contributed by atoms with Gasteiger partial charge >= 0.3 is 182 Å². The SMILES string of the molecule is CCC[CH2][Sn]([CH2]CCC)([CH2]CCC)[CH2]SCCNC(=O)OCc1ccccc1. The van der Waals surface area contributed by atoms with Gasteiger partial charge in [-0.1, -0.05) is 0 Å². The predicted molar refractivity (Wildman–Crippen MR) is 127 cm³/mol. The minimum absolute atomic E-state index is 0.304. The van der Waals surface area contributed by atoms with Gasteiger partial charge in [0.2, 0.25) is 0 Å². The molecule has 0 radical (unpaired) electrons. The third kappa shape index (κ3) is 11.6. The molecule has 0 saturated heterocycles. The van der Waals surface area contributed by atoms with E-state index in [0.29, 0.717) is 13.2 Å². The number of ether oxygens (including phenoxy) is 1. The summed E-state index contributed by atoms with van der Waals surface area (Å²) in [6.45, 7) is 8.02. The Hall–Kier alpha value is -0.361. The van der Waals surface area contributed by atoms with Crippen LogP contribution in [0.2, 0.25) is 13.3 Å². The molecule has 0 unspecified atom stereocenters. The van der Waals surface area contributed by atoms with Gasteiger partial charge < -0.3 is 0 Å². The summed E-state index contributed by atoms with van der Waals surface area (Å²) in [7, 11) is 0. The van der Waals surface area contributed by atoms with Crippen LogP contribution in [0.15, 0.2) is 30.3 Å². The van der Waals surface area contributed by atoms with Crippen LogP contribution in [0.1, 0.15) is 64.9 Å². The molecule has 0 atom stereocenters. The zero-order valence-corrected chi connectivity index (χ0v) is 22.0. The van der Waals surface area contributed by atoms with E-state index in [-0.39, 0.29) is 6.09 Å². The molecule has 1 N–H and O–H groups in total. The molecule has 0 bridgehead atoms. The van der Waals surface area contributed by atoms with Gasteiger partial charge in [0.05, 0.1) is 0 Å². The van der Waals surface area contributed by atoms with E-state index in [9.17, 15) is 4.79 Å². The number of nitrogens with one attached hydrogen (secondary N) is 1. The van der Waals surface area contributed by atoms with Crippen molar-refractivity contribution >= 4 is 36.2 Å². The number of unbranched alkanes of at least 4 members (excludes halogenated alkanes) is 3. The van der Waals surface area contributed by atoms with Crippen molar-refractivity contribution in [2.45, 2.75) is 79.2 Å². The van der Waals surface area contributed by atoms with Crippen molar-refractivity contribution in [3.63, 3.8) is 0 Å². The number of hydrogen-bond donors (Lipinski definition) is 1. The summed E-state index contributed by atoms with van der Waals surface area (Å²) < 4.78 is 11.4. The molecule has 0 aliphatic rings. The van der Waals surface area contributed by atoms with Crippen LogP contribution in [0.5, 0.6) is 0 Å². The van der Waals surface area contributed by atoms with Crippen LogP contribution in [0, 0.1) is 0 Å². The predicted octanol–water partition coefficient (Wildman–Crippen LogP) is 7.03. The fourth-order valence-corrected chi connectivity index (χ4v) is 25.0. The molecule has 1 amide bonds. The van der Waals surface area contributed by atoms with Crippen LogP contribution in [-0.2, 0) is 11.3 Å². The maximum absolute atomic E-state index is 11.9. The van der Waals surface area contributed by atoms with E-state index in [1.165, 1.54) is 42.3 Å². The first-order valence-electron chi connectivity index (χ1n) is 11.2. The molecule has 0 heterocycles. The Bertz CT molecular complexity index is 491. The molecule has 0 aromatic heterocycles. The second-order valence-electron chi connectivity index (χ2n) is 7.85. The van der Waals surface area contributed by atoms with Crippen LogP contribution in [-0.4, -0.2) is 40.5 Å². The first kappa shape index (κ1) is 25.7. The molecule has 0 fully saturated rings. The summed E-state index contributed by atoms with van der Waals surface area (Å²) in [5, 5.41) is 2.91. The van der Waals surface area contributed by atoms with Gasteiger partial charge in [0.1, 0.15) is 0 Å². The summed E-state index contributed by atoms with van der Waals surface area (Å²) >= 11 is 0.0639. The average Bonchev–Trinajstić information content (AvgIpc) is 2.73. The van der Waals surface area contributed by atoms with Gasteiger partial charge in [0.25, 0.3) is 0 Å². The van der Waals surface area contributed by atoms with E-state index in [4.69, 9.17) is 4.74 Å². The number of alkyl carbamates (subject to hydrolysis) is 1. The van der Waals surface area contributed by atoms with E-state index in [1.807, 2.05) is 30.3 Å². The van der Waals surface area contributed by atoms with Crippen LogP contribution in [0.3, 0.4) is 0 Å². The Kier molecular flexibility index (Phi) is 15.1. The van der Waals surface area contributed by atoms with Crippen LogP contribution < -0.4 is 5.32 Å². The molecule has 28 heavy (non-hydrogen) atoms. The number of carbonyl (C=O) groups excluding carboxylic acids is 1. The molecule has 3 nitrogen and oxygen atoms in total. The van der Waals surface area contributed by atoms with E-state index in [0.717, 1.165) is 11.3 Å². The first-order chi connectivity index (χ1) is 13.7. The minimum atomic E-state index is -2.03. The number of benzene rings is 1. The number of hydrogen-bond acceptors (Lipinski definition) is 3. The van der Waals surface area contributed by atoms with Gasteiger partial charge in [-0.05, 0) is 0 Å². The van der Waals surface area contributed by atoms with Crippen molar-refractivity contribution in [2.75, 3.05) is 16.1 Å². The van der Waals surface area contributed by atoms with Gasteiger partial charge in [0, 0.05) is 0 Å². The normalized spacial score (nSPS) is 11.4. The summed E-state index contributed by atoms with van der Waals surface area (Å²) in [6.07, 6.45) is 7.96. The van der Waals surface area contributed by atoms with Crippen molar-refractivity contribution in [2.24, 2.45) is 0 Å². The van der Waals surface area contributed by atoms with Crippen LogP contribution in [0.25, 0.3) is 0 Å². The van der Waals surface area contributed by atoms with Crippen molar-refractivity contribution in [1.82, 2.24) is 5.32 Å². The standard InChI is InChI=1S/C11H14NO2S.3C4H9.Sn/c1-15-8-7-12-11(13)14-9-10-5-3-2-4-6-10;3*1-3-4-2;/h2-6H,1,7-9H2,(H,12,13);3*1,3-4H2,2H3;. The third-order valence-electron chi connectivity index (χ3n) is 5.32. The zero-order chi connectivity index (χ0) is 20.5. The van der Waals surface area contributed by atoms with Crippen LogP contribution >= 0.6 is 11.8 Å². The molecule has 0 aliphatic heterocycles. The second-order valence-corrected chi connectivity index (χ2v) is 24.3. The van der Waals surface area contributed by atoms with Crippen molar-refractivity contribution < 1.29 is 9.53 Å². The number of carbonyl (C=O) groups is 1. The maximum atomic E-state index is 11.9. The summed E-state index contributed by atoms with van der Waals surface area (Å²) in [5.74, 6) is 1.00. The van der Waals surface area contributed by atoms with Crippen LogP contribution in [0.4, 0.5) is 4.79 Å².